The molecule has 0 aliphatic carbocycles. The van der Waals surface area contributed by atoms with E-state index in [1.54, 1.807) is 61.5 Å². The molecule has 4 rings (SSSR count). The summed E-state index contributed by atoms with van der Waals surface area (Å²) in [7, 11) is 0. The lowest BCUT2D eigenvalue weighted by molar-refractivity contribution is -0.139. The molecule has 0 bridgehead atoms. The molecule has 1 aliphatic rings. The van der Waals surface area contributed by atoms with Crippen molar-refractivity contribution >= 4 is 28.9 Å². The fourth-order valence-electron chi connectivity index (χ4n) is 3.49. The third-order valence-corrected chi connectivity index (χ3v) is 4.97. The van der Waals surface area contributed by atoms with Crippen LogP contribution in [0, 0.1) is 0 Å². The van der Waals surface area contributed by atoms with E-state index in [-0.39, 0.29) is 29.2 Å². The van der Waals surface area contributed by atoms with E-state index in [4.69, 9.17) is 13.9 Å². The van der Waals surface area contributed by atoms with Crippen molar-refractivity contribution in [1.29, 1.82) is 0 Å². The van der Waals surface area contributed by atoms with Gasteiger partial charge in [-0.05, 0) is 24.6 Å². The zero-order chi connectivity index (χ0) is 23.4. The van der Waals surface area contributed by atoms with Crippen LogP contribution in [0.2, 0.25) is 0 Å². The van der Waals surface area contributed by atoms with Gasteiger partial charge in [0.1, 0.15) is 12.2 Å². The normalized spacial score (nSPS) is 15.5. The van der Waals surface area contributed by atoms with Gasteiger partial charge >= 0.3 is 18.0 Å². The summed E-state index contributed by atoms with van der Waals surface area (Å²) >= 11 is 0. The number of amides is 2. The fourth-order valence-corrected chi connectivity index (χ4v) is 3.49. The fraction of sp³-hybridized carbons (Fsp3) is 0.167. The second-order valence-corrected chi connectivity index (χ2v) is 7.10. The second kappa shape index (κ2) is 9.39. The summed E-state index contributed by atoms with van der Waals surface area (Å²) in [5.74, 6) is -1.88. The molecule has 0 spiro atoms. The van der Waals surface area contributed by atoms with E-state index in [1.807, 2.05) is 0 Å². The number of nitrogens with one attached hydrogen (secondary N) is 2. The summed E-state index contributed by atoms with van der Waals surface area (Å²) in [6.45, 7) is 1.33. The second-order valence-electron chi connectivity index (χ2n) is 7.10. The molecule has 2 N–H and O–H groups in total. The van der Waals surface area contributed by atoms with Gasteiger partial charge in [0.15, 0.2) is 5.43 Å². The minimum atomic E-state index is -0.919. The molecule has 2 amide bonds. The maximum Gasteiger partial charge on any atom is 0.374 e. The molecule has 9 heteroatoms. The summed E-state index contributed by atoms with van der Waals surface area (Å²) in [6.07, 6.45) is 0. The number of para-hydroxylation sites is 1. The summed E-state index contributed by atoms with van der Waals surface area (Å²) < 4.78 is 15.9. The van der Waals surface area contributed by atoms with E-state index in [1.165, 1.54) is 0 Å². The van der Waals surface area contributed by atoms with Gasteiger partial charge in [-0.2, -0.15) is 0 Å². The molecule has 0 saturated carbocycles. The van der Waals surface area contributed by atoms with Crippen molar-refractivity contribution in [3.63, 3.8) is 0 Å². The third-order valence-electron chi connectivity index (χ3n) is 4.97. The number of rotatable bonds is 6. The van der Waals surface area contributed by atoms with Crippen molar-refractivity contribution in [3.05, 3.63) is 93.5 Å². The molecule has 1 aromatic heterocycles. The third kappa shape index (κ3) is 4.62. The van der Waals surface area contributed by atoms with E-state index in [9.17, 15) is 19.2 Å². The first kappa shape index (κ1) is 21.8. The summed E-state index contributed by atoms with van der Waals surface area (Å²) in [4.78, 5) is 49.9. The average molecular weight is 448 g/mol. The number of benzene rings is 2. The molecule has 33 heavy (non-hydrogen) atoms. The smallest absolute Gasteiger partial charge is 0.374 e. The Bertz CT molecular complexity index is 1310. The van der Waals surface area contributed by atoms with Crippen molar-refractivity contribution < 1.29 is 28.3 Å². The van der Waals surface area contributed by atoms with E-state index >= 15 is 0 Å². The van der Waals surface area contributed by atoms with Crippen molar-refractivity contribution in [2.75, 3.05) is 13.2 Å². The molecule has 1 atom stereocenters. The molecule has 1 aliphatic heterocycles. The predicted molar refractivity (Wildman–Crippen MR) is 117 cm³/mol. The standard InChI is InChI=1S/C24H20N2O7/c1-2-31-23(29)20-16(25-24(30)26-21(20)14-8-4-3-5-9-14)13-32-22(28)19-12-17(27)15-10-6-7-11-18(15)33-19/h3-12,21H,2,13H2,1H3,(H2,25,26,30)/t21-/m0/s1. The van der Waals surface area contributed by atoms with E-state index in [2.05, 4.69) is 10.6 Å². The Morgan fingerprint density at radius 1 is 0.970 bits per heavy atom. The zero-order valence-corrected chi connectivity index (χ0v) is 17.6. The topological polar surface area (TPSA) is 124 Å². The summed E-state index contributed by atoms with van der Waals surface area (Å²) in [6, 6.07) is 15.0. The van der Waals surface area contributed by atoms with Gasteiger partial charge in [-0.1, -0.05) is 42.5 Å². The first-order chi connectivity index (χ1) is 16.0. The molecular formula is C24H20N2O7. The lowest BCUT2D eigenvalue weighted by atomic mass is 9.95. The van der Waals surface area contributed by atoms with Gasteiger partial charge in [-0.25, -0.2) is 14.4 Å². The van der Waals surface area contributed by atoms with Gasteiger partial charge in [0.05, 0.1) is 29.3 Å². The average Bonchev–Trinajstić information content (AvgIpc) is 2.82. The summed E-state index contributed by atoms with van der Waals surface area (Å²) in [5, 5.41) is 5.53. The summed E-state index contributed by atoms with van der Waals surface area (Å²) in [5.41, 5.74) is 0.676. The molecule has 3 aromatic rings. The highest BCUT2D eigenvalue weighted by Crippen LogP contribution is 2.28. The van der Waals surface area contributed by atoms with E-state index in [0.29, 0.717) is 10.9 Å². The number of esters is 2. The van der Waals surface area contributed by atoms with Crippen LogP contribution in [0.1, 0.15) is 29.1 Å². The molecule has 0 unspecified atom stereocenters. The Morgan fingerprint density at radius 2 is 1.70 bits per heavy atom. The Hall–Kier alpha value is -4.40. The highest BCUT2D eigenvalue weighted by molar-refractivity contribution is 5.95. The minimum absolute atomic E-state index is 0.0718. The Balaban J connectivity index is 1.65. The highest BCUT2D eigenvalue weighted by atomic mass is 16.5. The van der Waals surface area contributed by atoms with E-state index in [0.717, 1.165) is 6.07 Å². The van der Waals surface area contributed by atoms with Crippen molar-refractivity contribution in [3.8, 4) is 0 Å². The van der Waals surface area contributed by atoms with Crippen LogP contribution < -0.4 is 16.1 Å². The van der Waals surface area contributed by atoms with Crippen LogP contribution in [0.15, 0.2) is 81.1 Å². The van der Waals surface area contributed by atoms with Crippen LogP contribution >= 0.6 is 0 Å². The first-order valence-electron chi connectivity index (χ1n) is 10.2. The van der Waals surface area contributed by atoms with Crippen molar-refractivity contribution in [1.82, 2.24) is 10.6 Å². The first-order valence-corrected chi connectivity index (χ1v) is 10.2. The number of urea groups is 1. The van der Waals surface area contributed by atoms with Crippen LogP contribution in [0.4, 0.5) is 4.79 Å². The number of hydrogen-bond donors (Lipinski definition) is 2. The molecule has 168 valence electrons. The highest BCUT2D eigenvalue weighted by Gasteiger charge is 2.34. The maximum absolute atomic E-state index is 12.7. The van der Waals surface area contributed by atoms with Gasteiger partial charge in [-0.3, -0.25) is 4.79 Å². The quantitative estimate of drug-likeness (QED) is 0.556. The van der Waals surface area contributed by atoms with Gasteiger partial charge in [0.25, 0.3) is 0 Å². The molecule has 9 nitrogen and oxygen atoms in total. The van der Waals surface area contributed by atoms with Gasteiger partial charge in [0.2, 0.25) is 5.76 Å². The van der Waals surface area contributed by atoms with Gasteiger partial charge in [-0.15, -0.1) is 0 Å². The molecule has 0 fully saturated rings. The van der Waals surface area contributed by atoms with Gasteiger partial charge in [0, 0.05) is 6.07 Å². The lowest BCUT2D eigenvalue weighted by Gasteiger charge is -2.29. The molecule has 0 saturated heterocycles. The number of carbonyl (C=O) groups excluding carboxylic acids is 3. The molecule has 0 radical (unpaired) electrons. The van der Waals surface area contributed by atoms with E-state index < -0.39 is 36.0 Å². The zero-order valence-electron chi connectivity index (χ0n) is 17.6. The number of hydrogen-bond acceptors (Lipinski definition) is 7. The molecular weight excluding hydrogens is 428 g/mol. The number of carbonyl (C=O) groups is 3. The Morgan fingerprint density at radius 3 is 2.45 bits per heavy atom. The van der Waals surface area contributed by atoms with Gasteiger partial charge < -0.3 is 24.5 Å². The number of fused-ring (bicyclic) bond motifs is 1. The lowest BCUT2D eigenvalue weighted by Crippen LogP contribution is -2.47. The maximum atomic E-state index is 12.7. The molecule has 2 heterocycles. The predicted octanol–water partition coefficient (Wildman–Crippen LogP) is 2.82. The Kier molecular flexibility index (Phi) is 6.21. The Labute approximate surface area is 188 Å². The van der Waals surface area contributed by atoms with Crippen LogP contribution in [0.5, 0.6) is 0 Å². The van der Waals surface area contributed by atoms with Crippen LogP contribution in [0.3, 0.4) is 0 Å². The van der Waals surface area contributed by atoms with Crippen LogP contribution in [-0.2, 0) is 14.3 Å². The monoisotopic (exact) mass is 448 g/mol. The van der Waals surface area contributed by atoms with Crippen LogP contribution in [-0.4, -0.2) is 31.2 Å². The minimum Gasteiger partial charge on any atom is -0.463 e. The van der Waals surface area contributed by atoms with Crippen molar-refractivity contribution in [2.24, 2.45) is 0 Å². The van der Waals surface area contributed by atoms with Crippen molar-refractivity contribution in [2.45, 2.75) is 13.0 Å². The SMILES string of the molecule is CCOC(=O)C1=C(COC(=O)c2cc(=O)c3ccccc3o2)NC(=O)N[C@H]1c1ccccc1. The van der Waals surface area contributed by atoms with Crippen LogP contribution in [0.25, 0.3) is 11.0 Å². The largest absolute Gasteiger partial charge is 0.463 e. The molecule has 2 aromatic carbocycles. The number of ether oxygens (including phenoxy) is 2.